The number of anilines is 1. The number of aromatic nitrogens is 1. The van der Waals surface area contributed by atoms with Crippen LogP contribution in [0.1, 0.15) is 12.5 Å². The number of nitrogens with one attached hydrogen (secondary N) is 1. The summed E-state index contributed by atoms with van der Waals surface area (Å²) in [4.78, 5) is 6.67. The molecule has 0 saturated carbocycles. The van der Waals surface area contributed by atoms with E-state index in [1.165, 1.54) is 5.56 Å². The maximum atomic E-state index is 5.25. The second-order valence-electron chi connectivity index (χ2n) is 4.53. The number of hydrogen-bond donors (Lipinski definition) is 1. The fraction of sp³-hybridized carbons (Fsp3) is 0.643. The van der Waals surface area contributed by atoms with Crippen LogP contribution in [0, 0.1) is 0 Å². The highest BCUT2D eigenvalue weighted by Crippen LogP contribution is 2.15. The molecule has 0 aromatic carbocycles. The van der Waals surface area contributed by atoms with Crippen LogP contribution >= 0.6 is 0 Å². The lowest BCUT2D eigenvalue weighted by Crippen LogP contribution is -2.38. The lowest BCUT2D eigenvalue weighted by atomic mass is 10.2. The first-order valence-electron chi connectivity index (χ1n) is 6.56. The molecule has 0 bridgehead atoms. The van der Waals surface area contributed by atoms with Gasteiger partial charge in [-0.15, -0.1) is 0 Å². The van der Waals surface area contributed by atoms with Crippen molar-refractivity contribution in [2.75, 3.05) is 46.3 Å². The van der Waals surface area contributed by atoms with Gasteiger partial charge in [0.2, 0.25) is 0 Å². The van der Waals surface area contributed by atoms with Gasteiger partial charge in [-0.2, -0.15) is 0 Å². The van der Waals surface area contributed by atoms with Gasteiger partial charge >= 0.3 is 0 Å². The summed E-state index contributed by atoms with van der Waals surface area (Å²) in [5, 5.41) is 3.13. The van der Waals surface area contributed by atoms with E-state index in [-0.39, 0.29) is 0 Å². The molecule has 0 fully saturated rings. The summed E-state index contributed by atoms with van der Waals surface area (Å²) < 4.78 is 10.4. The number of rotatable bonds is 9. The number of methoxy groups -OCH3 is 2. The van der Waals surface area contributed by atoms with Crippen LogP contribution in [0.3, 0.4) is 0 Å². The summed E-state index contributed by atoms with van der Waals surface area (Å²) in [7, 11) is 5.35. The van der Waals surface area contributed by atoms with Gasteiger partial charge in [0, 0.05) is 52.2 Å². The zero-order valence-corrected chi connectivity index (χ0v) is 12.3. The van der Waals surface area contributed by atoms with E-state index in [4.69, 9.17) is 9.47 Å². The van der Waals surface area contributed by atoms with Gasteiger partial charge < -0.3 is 14.8 Å². The fourth-order valence-corrected chi connectivity index (χ4v) is 2.02. The molecule has 1 aromatic rings. The van der Waals surface area contributed by atoms with Gasteiger partial charge in [-0.25, -0.2) is 4.98 Å². The average molecular weight is 267 g/mol. The molecule has 1 aromatic heterocycles. The highest BCUT2D eigenvalue weighted by molar-refractivity contribution is 5.42. The summed E-state index contributed by atoms with van der Waals surface area (Å²) in [6, 6.07) is 4.40. The van der Waals surface area contributed by atoms with Crippen molar-refractivity contribution in [1.29, 1.82) is 0 Å². The van der Waals surface area contributed by atoms with Crippen molar-refractivity contribution in [3.05, 3.63) is 23.9 Å². The third kappa shape index (κ3) is 5.14. The van der Waals surface area contributed by atoms with Crippen molar-refractivity contribution in [2.45, 2.75) is 19.5 Å². The second kappa shape index (κ2) is 8.85. The molecule has 1 heterocycles. The number of pyridine rings is 1. The molecule has 0 aliphatic rings. The Morgan fingerprint density at radius 1 is 1.37 bits per heavy atom. The Kier molecular flexibility index (Phi) is 7.40. The van der Waals surface area contributed by atoms with E-state index in [1.807, 2.05) is 13.1 Å². The minimum atomic E-state index is 0.338. The van der Waals surface area contributed by atoms with Crippen LogP contribution in [0.5, 0.6) is 0 Å². The molecule has 0 aliphatic heterocycles. The van der Waals surface area contributed by atoms with E-state index in [0.29, 0.717) is 19.3 Å². The third-order valence-corrected chi connectivity index (χ3v) is 3.12. The molecule has 1 unspecified atom stereocenters. The van der Waals surface area contributed by atoms with E-state index in [2.05, 4.69) is 28.2 Å². The van der Waals surface area contributed by atoms with Crippen molar-refractivity contribution >= 4 is 5.82 Å². The normalized spacial score (nSPS) is 12.7. The lowest BCUT2D eigenvalue weighted by Gasteiger charge is -2.28. The van der Waals surface area contributed by atoms with Crippen LogP contribution in [-0.2, 0) is 16.0 Å². The molecule has 0 saturated heterocycles. The minimum Gasteiger partial charge on any atom is -0.383 e. The predicted molar refractivity (Wildman–Crippen MR) is 77.4 cm³/mol. The molecule has 5 heteroatoms. The van der Waals surface area contributed by atoms with E-state index < -0.39 is 0 Å². The van der Waals surface area contributed by atoms with Crippen LogP contribution < -0.4 is 5.32 Å². The van der Waals surface area contributed by atoms with Gasteiger partial charge in [0.25, 0.3) is 0 Å². The molecule has 0 spiro atoms. The van der Waals surface area contributed by atoms with Gasteiger partial charge in [-0.1, -0.05) is 6.07 Å². The minimum absolute atomic E-state index is 0.338. The fourth-order valence-electron chi connectivity index (χ4n) is 2.02. The molecule has 5 nitrogen and oxygen atoms in total. The molecule has 108 valence electrons. The first kappa shape index (κ1) is 15.9. The van der Waals surface area contributed by atoms with Gasteiger partial charge in [0.1, 0.15) is 5.82 Å². The Labute approximate surface area is 115 Å². The maximum absolute atomic E-state index is 5.25. The largest absolute Gasteiger partial charge is 0.383 e. The van der Waals surface area contributed by atoms with Crippen molar-refractivity contribution < 1.29 is 9.47 Å². The summed E-state index contributed by atoms with van der Waals surface area (Å²) in [6.07, 6.45) is 1.80. The Bertz CT molecular complexity index is 360. The monoisotopic (exact) mass is 267 g/mol. The number of nitrogens with zero attached hydrogens (tertiary/aromatic N) is 2. The van der Waals surface area contributed by atoms with Crippen LogP contribution in [0.4, 0.5) is 5.82 Å². The predicted octanol–water partition coefficient (Wildman–Crippen LogP) is 1.61. The average Bonchev–Trinajstić information content (AvgIpc) is 2.44. The van der Waals surface area contributed by atoms with Crippen molar-refractivity contribution in [3.8, 4) is 0 Å². The van der Waals surface area contributed by atoms with Crippen molar-refractivity contribution in [3.63, 3.8) is 0 Å². The Hall–Kier alpha value is -1.17. The molecular weight excluding hydrogens is 242 g/mol. The van der Waals surface area contributed by atoms with Crippen LogP contribution in [0.2, 0.25) is 0 Å². The van der Waals surface area contributed by atoms with Crippen LogP contribution in [0.15, 0.2) is 18.3 Å². The molecule has 0 radical (unpaired) electrons. The number of hydrogen-bond acceptors (Lipinski definition) is 5. The molecule has 1 atom stereocenters. The summed E-state index contributed by atoms with van der Waals surface area (Å²) in [5.74, 6) is 0.925. The van der Waals surface area contributed by atoms with E-state index in [0.717, 1.165) is 18.9 Å². The first-order chi connectivity index (χ1) is 9.22. The zero-order chi connectivity index (χ0) is 14.1. The molecule has 0 amide bonds. The van der Waals surface area contributed by atoms with E-state index >= 15 is 0 Å². The summed E-state index contributed by atoms with van der Waals surface area (Å²) in [5.41, 5.74) is 1.18. The smallest absolute Gasteiger partial charge is 0.130 e. The maximum Gasteiger partial charge on any atom is 0.130 e. The Morgan fingerprint density at radius 2 is 2.16 bits per heavy atom. The Balaban J connectivity index is 2.74. The van der Waals surface area contributed by atoms with Gasteiger partial charge in [-0.3, -0.25) is 4.90 Å². The second-order valence-corrected chi connectivity index (χ2v) is 4.53. The quantitative estimate of drug-likeness (QED) is 0.736. The van der Waals surface area contributed by atoms with Crippen molar-refractivity contribution in [2.24, 2.45) is 0 Å². The number of ether oxygens (including phenoxy) is 2. The van der Waals surface area contributed by atoms with Crippen LogP contribution in [0.25, 0.3) is 0 Å². The molecule has 1 N–H and O–H groups in total. The molecule has 1 rings (SSSR count). The van der Waals surface area contributed by atoms with Gasteiger partial charge in [-0.05, 0) is 13.0 Å². The molecule has 19 heavy (non-hydrogen) atoms. The zero-order valence-electron chi connectivity index (χ0n) is 12.3. The van der Waals surface area contributed by atoms with Crippen molar-refractivity contribution in [1.82, 2.24) is 9.88 Å². The Morgan fingerprint density at radius 3 is 2.79 bits per heavy atom. The van der Waals surface area contributed by atoms with E-state index in [1.54, 1.807) is 20.4 Å². The highest BCUT2D eigenvalue weighted by atomic mass is 16.5. The first-order valence-corrected chi connectivity index (χ1v) is 6.56. The summed E-state index contributed by atoms with van der Waals surface area (Å²) >= 11 is 0. The SMILES string of the molecule is CNc1ncccc1CN(CCOC)C(C)COC. The molecular formula is C14H25N3O2. The topological polar surface area (TPSA) is 46.6 Å². The van der Waals surface area contributed by atoms with E-state index in [9.17, 15) is 0 Å². The lowest BCUT2D eigenvalue weighted by molar-refractivity contribution is 0.0706. The summed E-state index contributed by atoms with van der Waals surface area (Å²) in [6.45, 7) is 5.29. The van der Waals surface area contributed by atoms with Crippen LogP contribution in [-0.4, -0.2) is 57.0 Å². The molecule has 0 aliphatic carbocycles. The van der Waals surface area contributed by atoms with Gasteiger partial charge in [0.05, 0.1) is 13.2 Å². The third-order valence-electron chi connectivity index (χ3n) is 3.12. The standard InChI is InChI=1S/C14H25N3O2/c1-12(11-19-4)17(8-9-18-3)10-13-6-5-7-16-14(13)15-2/h5-7,12H,8-11H2,1-4H3,(H,15,16). The van der Waals surface area contributed by atoms with Gasteiger partial charge in [0.15, 0.2) is 0 Å². The highest BCUT2D eigenvalue weighted by Gasteiger charge is 2.15.